The van der Waals surface area contributed by atoms with Crippen molar-refractivity contribution in [3.63, 3.8) is 0 Å². The van der Waals surface area contributed by atoms with Crippen LogP contribution in [0, 0.1) is 11.3 Å². The van der Waals surface area contributed by atoms with Crippen molar-refractivity contribution in [3.8, 4) is 0 Å². The summed E-state index contributed by atoms with van der Waals surface area (Å²) in [6, 6.07) is 0.242. The number of rotatable bonds is 7. The number of nitrogens with zero attached hydrogens (tertiary/aromatic N) is 1. The predicted octanol–water partition coefficient (Wildman–Crippen LogP) is 2.23. The van der Waals surface area contributed by atoms with Crippen molar-refractivity contribution in [2.24, 2.45) is 17.1 Å². The minimum atomic E-state index is 0.0968. The Kier molecular flexibility index (Phi) is 6.09. The maximum Gasteiger partial charge on any atom is 0.0601 e. The minimum Gasteiger partial charge on any atom is -0.395 e. The van der Waals surface area contributed by atoms with Crippen LogP contribution in [0.2, 0.25) is 0 Å². The molecule has 2 atom stereocenters. The lowest BCUT2D eigenvalue weighted by Crippen LogP contribution is -2.50. The number of hydrogen-bond donors (Lipinski definition) is 2. The summed E-state index contributed by atoms with van der Waals surface area (Å²) >= 11 is 0. The fraction of sp³-hybridized carbons (Fsp3) is 1.00. The summed E-state index contributed by atoms with van der Waals surface area (Å²) in [5.74, 6) is 0.596. The molecule has 0 saturated carbocycles. The summed E-state index contributed by atoms with van der Waals surface area (Å²) in [5.41, 5.74) is 6.74. The third-order valence-corrected chi connectivity index (χ3v) is 4.86. The average Bonchev–Trinajstić information content (AvgIpc) is 2.74. The highest BCUT2D eigenvalue weighted by Crippen LogP contribution is 2.38. The highest BCUT2D eigenvalue weighted by molar-refractivity contribution is 4.93. The molecule has 1 aliphatic heterocycles. The lowest BCUT2D eigenvalue weighted by Gasteiger charge is -2.34. The Labute approximate surface area is 113 Å². The Balaban J connectivity index is 2.62. The van der Waals surface area contributed by atoms with E-state index in [0.29, 0.717) is 11.3 Å². The molecule has 0 amide bonds. The molecule has 1 rings (SSSR count). The van der Waals surface area contributed by atoms with Crippen LogP contribution in [-0.2, 0) is 0 Å². The third kappa shape index (κ3) is 3.69. The van der Waals surface area contributed by atoms with Gasteiger partial charge in [-0.1, -0.05) is 27.7 Å². The Bertz CT molecular complexity index is 239. The van der Waals surface area contributed by atoms with Crippen molar-refractivity contribution in [1.82, 2.24) is 4.90 Å². The Morgan fingerprint density at radius 1 is 1.28 bits per heavy atom. The minimum absolute atomic E-state index is 0.0968. The number of aliphatic hydroxyl groups excluding tert-OH is 1. The molecule has 3 N–H and O–H groups in total. The van der Waals surface area contributed by atoms with E-state index in [0.717, 1.165) is 19.5 Å². The van der Waals surface area contributed by atoms with Gasteiger partial charge in [0, 0.05) is 18.6 Å². The summed E-state index contributed by atoms with van der Waals surface area (Å²) in [5, 5.41) is 9.66. The molecular formula is C15H32N2O. The largest absolute Gasteiger partial charge is 0.395 e. The molecule has 1 saturated heterocycles. The van der Waals surface area contributed by atoms with Crippen molar-refractivity contribution in [2.45, 2.75) is 65.5 Å². The topological polar surface area (TPSA) is 49.5 Å². The summed E-state index contributed by atoms with van der Waals surface area (Å²) in [6.45, 7) is 11.4. The second kappa shape index (κ2) is 6.88. The maximum atomic E-state index is 9.66. The van der Waals surface area contributed by atoms with Gasteiger partial charge in [-0.3, -0.25) is 4.90 Å². The summed E-state index contributed by atoms with van der Waals surface area (Å²) in [4.78, 5) is 2.43. The molecule has 0 spiro atoms. The molecule has 0 radical (unpaired) electrons. The van der Waals surface area contributed by atoms with E-state index in [2.05, 4.69) is 32.6 Å². The van der Waals surface area contributed by atoms with Crippen molar-refractivity contribution >= 4 is 0 Å². The molecule has 0 aromatic heterocycles. The molecular weight excluding hydrogens is 224 g/mol. The van der Waals surface area contributed by atoms with E-state index in [1.165, 1.54) is 19.3 Å². The number of aliphatic hydroxyl groups is 1. The zero-order valence-corrected chi connectivity index (χ0v) is 12.7. The molecule has 18 heavy (non-hydrogen) atoms. The normalized spacial score (nSPS) is 23.5. The van der Waals surface area contributed by atoms with Crippen LogP contribution in [0.3, 0.4) is 0 Å². The van der Waals surface area contributed by atoms with Gasteiger partial charge in [0.1, 0.15) is 0 Å². The van der Waals surface area contributed by atoms with Crippen LogP contribution in [-0.4, -0.2) is 41.8 Å². The van der Waals surface area contributed by atoms with Gasteiger partial charge in [0.2, 0.25) is 0 Å². The van der Waals surface area contributed by atoms with Crippen molar-refractivity contribution in [2.75, 3.05) is 19.7 Å². The van der Waals surface area contributed by atoms with Gasteiger partial charge in [0.05, 0.1) is 6.61 Å². The second-order valence-electron chi connectivity index (χ2n) is 6.47. The summed E-state index contributed by atoms with van der Waals surface area (Å²) in [6.07, 6.45) is 4.72. The van der Waals surface area contributed by atoms with E-state index < -0.39 is 0 Å². The van der Waals surface area contributed by atoms with Crippen LogP contribution >= 0.6 is 0 Å². The number of likely N-dealkylation sites (tertiary alicyclic amines) is 1. The first-order valence-electron chi connectivity index (χ1n) is 7.58. The Morgan fingerprint density at radius 3 is 2.28 bits per heavy atom. The first-order valence-corrected chi connectivity index (χ1v) is 7.58. The van der Waals surface area contributed by atoms with Gasteiger partial charge in [0.15, 0.2) is 0 Å². The molecule has 3 nitrogen and oxygen atoms in total. The van der Waals surface area contributed by atoms with Gasteiger partial charge >= 0.3 is 0 Å². The molecule has 0 aliphatic carbocycles. The number of nitrogens with two attached hydrogens (primary N) is 1. The smallest absolute Gasteiger partial charge is 0.0601 e. The van der Waals surface area contributed by atoms with Crippen molar-refractivity contribution in [1.29, 1.82) is 0 Å². The first kappa shape index (κ1) is 15.9. The molecule has 1 heterocycles. The van der Waals surface area contributed by atoms with Crippen LogP contribution in [0.25, 0.3) is 0 Å². The quantitative estimate of drug-likeness (QED) is 0.734. The highest BCUT2D eigenvalue weighted by Gasteiger charge is 2.39. The van der Waals surface area contributed by atoms with Crippen LogP contribution in [0.5, 0.6) is 0 Å². The molecule has 0 aromatic rings. The zero-order valence-electron chi connectivity index (χ0n) is 12.7. The fourth-order valence-corrected chi connectivity index (χ4v) is 3.30. The third-order valence-electron chi connectivity index (χ3n) is 4.86. The van der Waals surface area contributed by atoms with Crippen LogP contribution in [0.4, 0.5) is 0 Å². The molecule has 3 heteroatoms. The predicted molar refractivity (Wildman–Crippen MR) is 77.5 cm³/mol. The van der Waals surface area contributed by atoms with Gasteiger partial charge in [-0.25, -0.2) is 0 Å². The first-order chi connectivity index (χ1) is 8.48. The van der Waals surface area contributed by atoms with Gasteiger partial charge in [0.25, 0.3) is 0 Å². The van der Waals surface area contributed by atoms with E-state index in [-0.39, 0.29) is 18.7 Å². The standard InChI is InChI=1S/C15H32N2O/c1-5-15(6-2)7-8-17(11-15)14(10-18)13(16)9-12(3)4/h12-14,18H,5-11,16H2,1-4H3. The second-order valence-corrected chi connectivity index (χ2v) is 6.47. The van der Waals surface area contributed by atoms with Crippen molar-refractivity contribution in [3.05, 3.63) is 0 Å². The monoisotopic (exact) mass is 256 g/mol. The molecule has 1 fully saturated rings. The van der Waals surface area contributed by atoms with Gasteiger partial charge in [-0.05, 0) is 43.6 Å². The molecule has 2 unspecified atom stereocenters. The number of hydrogen-bond acceptors (Lipinski definition) is 3. The molecule has 0 bridgehead atoms. The average molecular weight is 256 g/mol. The van der Waals surface area contributed by atoms with E-state index in [1.807, 2.05) is 0 Å². The van der Waals surface area contributed by atoms with E-state index in [9.17, 15) is 5.11 Å². The molecule has 1 aliphatic rings. The van der Waals surface area contributed by atoms with Crippen molar-refractivity contribution < 1.29 is 5.11 Å². The van der Waals surface area contributed by atoms with Gasteiger partial charge in [-0.2, -0.15) is 0 Å². The molecule has 0 aromatic carbocycles. The van der Waals surface area contributed by atoms with E-state index >= 15 is 0 Å². The van der Waals surface area contributed by atoms with Crippen LogP contribution in [0.15, 0.2) is 0 Å². The van der Waals surface area contributed by atoms with Crippen LogP contribution < -0.4 is 5.73 Å². The SMILES string of the molecule is CCC1(CC)CCN(C(CO)C(N)CC(C)C)C1. The maximum absolute atomic E-state index is 9.66. The van der Waals surface area contributed by atoms with Gasteiger partial charge in [-0.15, -0.1) is 0 Å². The summed E-state index contributed by atoms with van der Waals surface area (Å²) in [7, 11) is 0. The lowest BCUT2D eigenvalue weighted by molar-refractivity contribution is 0.104. The Hall–Kier alpha value is -0.120. The van der Waals surface area contributed by atoms with Gasteiger partial charge < -0.3 is 10.8 Å². The lowest BCUT2D eigenvalue weighted by atomic mass is 9.82. The fourth-order valence-electron chi connectivity index (χ4n) is 3.30. The van der Waals surface area contributed by atoms with E-state index in [1.54, 1.807) is 0 Å². The van der Waals surface area contributed by atoms with Crippen LogP contribution in [0.1, 0.15) is 53.4 Å². The zero-order chi connectivity index (χ0) is 13.8. The Morgan fingerprint density at radius 2 is 1.89 bits per heavy atom. The van der Waals surface area contributed by atoms with E-state index in [4.69, 9.17) is 5.73 Å². The molecule has 108 valence electrons. The highest BCUT2D eigenvalue weighted by atomic mass is 16.3. The summed E-state index contributed by atoms with van der Waals surface area (Å²) < 4.78 is 0.